The molecule has 26 heavy (non-hydrogen) atoms. The van der Waals surface area contributed by atoms with E-state index in [-0.39, 0.29) is 17.7 Å². The van der Waals surface area contributed by atoms with Crippen LogP contribution >= 0.6 is 11.6 Å². The lowest BCUT2D eigenvalue weighted by Crippen LogP contribution is -2.47. The number of morpholine rings is 1. The van der Waals surface area contributed by atoms with Crippen molar-refractivity contribution < 1.29 is 14.3 Å². The molecule has 2 amide bonds. The van der Waals surface area contributed by atoms with E-state index in [1.807, 2.05) is 34.9 Å². The van der Waals surface area contributed by atoms with Crippen molar-refractivity contribution in [3.63, 3.8) is 0 Å². The zero-order valence-electron chi connectivity index (χ0n) is 15.1. The second kappa shape index (κ2) is 8.69. The van der Waals surface area contributed by atoms with Crippen LogP contribution in [0.15, 0.2) is 24.3 Å². The Hall–Kier alpha value is -1.85. The van der Waals surface area contributed by atoms with Crippen LogP contribution in [0.2, 0.25) is 5.02 Å². The number of nitrogens with zero attached hydrogens (tertiary/aromatic N) is 2. The predicted octanol–water partition coefficient (Wildman–Crippen LogP) is 2.76. The van der Waals surface area contributed by atoms with E-state index in [1.54, 1.807) is 12.2 Å². The Balaban J connectivity index is 1.50. The average molecular weight is 377 g/mol. The molecule has 0 atom stereocenters. The first-order valence-corrected chi connectivity index (χ1v) is 9.52. The van der Waals surface area contributed by atoms with Crippen LogP contribution in [0.1, 0.15) is 24.0 Å². The Morgan fingerprint density at radius 1 is 1.12 bits per heavy atom. The third kappa shape index (κ3) is 4.65. The summed E-state index contributed by atoms with van der Waals surface area (Å²) < 4.78 is 5.30. The van der Waals surface area contributed by atoms with Gasteiger partial charge >= 0.3 is 0 Å². The second-order valence-electron chi connectivity index (χ2n) is 6.88. The van der Waals surface area contributed by atoms with Crippen molar-refractivity contribution in [2.75, 3.05) is 39.4 Å². The summed E-state index contributed by atoms with van der Waals surface area (Å²) in [5.74, 6) is 0.223. The van der Waals surface area contributed by atoms with E-state index in [2.05, 4.69) is 0 Å². The molecule has 2 heterocycles. The molecule has 2 aliphatic heterocycles. The van der Waals surface area contributed by atoms with Gasteiger partial charge in [-0.25, -0.2) is 0 Å². The van der Waals surface area contributed by atoms with Gasteiger partial charge in [0.25, 0.3) is 0 Å². The highest BCUT2D eigenvalue weighted by atomic mass is 35.5. The first-order valence-electron chi connectivity index (χ1n) is 9.14. The number of piperidine rings is 1. The Kier molecular flexibility index (Phi) is 6.33. The lowest BCUT2D eigenvalue weighted by Gasteiger charge is -2.35. The largest absolute Gasteiger partial charge is 0.378 e. The van der Waals surface area contributed by atoms with Gasteiger partial charge in [-0.05, 0) is 43.0 Å². The number of hydrogen-bond donors (Lipinski definition) is 0. The highest BCUT2D eigenvalue weighted by molar-refractivity contribution is 6.31. The summed E-state index contributed by atoms with van der Waals surface area (Å²) in [7, 11) is 0. The van der Waals surface area contributed by atoms with Gasteiger partial charge in [0, 0.05) is 43.2 Å². The quantitative estimate of drug-likeness (QED) is 0.762. The Labute approximate surface area is 159 Å². The number of hydrogen-bond acceptors (Lipinski definition) is 3. The highest BCUT2D eigenvalue weighted by Crippen LogP contribution is 2.21. The molecule has 0 saturated carbocycles. The van der Waals surface area contributed by atoms with Crippen LogP contribution in [0.25, 0.3) is 6.08 Å². The molecule has 2 aliphatic rings. The molecule has 0 unspecified atom stereocenters. The minimum atomic E-state index is -0.0148. The van der Waals surface area contributed by atoms with Crippen LogP contribution < -0.4 is 0 Å². The summed E-state index contributed by atoms with van der Waals surface area (Å²) in [5.41, 5.74) is 1.92. The Morgan fingerprint density at radius 2 is 1.81 bits per heavy atom. The molecule has 0 aliphatic carbocycles. The van der Waals surface area contributed by atoms with Crippen molar-refractivity contribution in [3.05, 3.63) is 40.4 Å². The van der Waals surface area contributed by atoms with Gasteiger partial charge in [0.05, 0.1) is 13.2 Å². The summed E-state index contributed by atoms with van der Waals surface area (Å²) in [4.78, 5) is 28.6. The van der Waals surface area contributed by atoms with Crippen molar-refractivity contribution in [2.24, 2.45) is 5.92 Å². The summed E-state index contributed by atoms with van der Waals surface area (Å²) in [5, 5.41) is 0.696. The maximum absolute atomic E-state index is 12.5. The van der Waals surface area contributed by atoms with E-state index in [9.17, 15) is 9.59 Å². The fourth-order valence-corrected chi connectivity index (χ4v) is 3.56. The lowest BCUT2D eigenvalue weighted by atomic mass is 9.95. The molecule has 2 fully saturated rings. The molecular weight excluding hydrogens is 352 g/mol. The zero-order chi connectivity index (χ0) is 18.5. The van der Waals surface area contributed by atoms with E-state index in [1.165, 1.54) is 0 Å². The lowest BCUT2D eigenvalue weighted by molar-refractivity contribution is -0.142. The van der Waals surface area contributed by atoms with E-state index < -0.39 is 0 Å². The predicted molar refractivity (Wildman–Crippen MR) is 102 cm³/mol. The number of ether oxygens (including phenoxy) is 1. The number of aryl methyl sites for hydroxylation is 1. The van der Waals surface area contributed by atoms with E-state index >= 15 is 0 Å². The minimum Gasteiger partial charge on any atom is -0.378 e. The van der Waals surface area contributed by atoms with Crippen LogP contribution in [0.3, 0.4) is 0 Å². The summed E-state index contributed by atoms with van der Waals surface area (Å²) >= 11 is 6.11. The number of carbonyl (C=O) groups is 2. The fraction of sp³-hybridized carbons (Fsp3) is 0.500. The van der Waals surface area contributed by atoms with Crippen LogP contribution in [0.5, 0.6) is 0 Å². The third-order valence-electron chi connectivity index (χ3n) is 5.09. The second-order valence-corrected chi connectivity index (χ2v) is 7.29. The molecule has 3 rings (SSSR count). The van der Waals surface area contributed by atoms with Crippen molar-refractivity contribution >= 4 is 29.5 Å². The van der Waals surface area contributed by atoms with Crippen LogP contribution in [0, 0.1) is 12.8 Å². The number of carbonyl (C=O) groups excluding carboxylic acids is 2. The standard InChI is InChI=1S/C20H25ClN2O3/c1-15-2-3-16(14-18(15)21)4-5-19(24)22-8-6-17(7-9-22)20(25)23-10-12-26-13-11-23/h2-5,14,17H,6-13H2,1H3/b5-4+. The molecule has 2 saturated heterocycles. The van der Waals surface area contributed by atoms with Gasteiger partial charge in [-0.2, -0.15) is 0 Å². The van der Waals surface area contributed by atoms with E-state index in [0.29, 0.717) is 44.4 Å². The molecule has 0 bridgehead atoms. The van der Waals surface area contributed by atoms with Crippen LogP contribution in [-0.4, -0.2) is 61.0 Å². The van der Waals surface area contributed by atoms with Crippen LogP contribution in [0.4, 0.5) is 0 Å². The molecular formula is C20H25ClN2O3. The van der Waals surface area contributed by atoms with E-state index in [0.717, 1.165) is 24.0 Å². The highest BCUT2D eigenvalue weighted by Gasteiger charge is 2.30. The normalized spacial score (nSPS) is 19.2. The minimum absolute atomic E-state index is 0.0148. The SMILES string of the molecule is Cc1ccc(/C=C/C(=O)N2CCC(C(=O)N3CCOCC3)CC2)cc1Cl. The molecule has 1 aromatic rings. The molecule has 0 spiro atoms. The topological polar surface area (TPSA) is 49.9 Å². The van der Waals surface area contributed by atoms with Gasteiger partial charge in [-0.3, -0.25) is 9.59 Å². The molecule has 6 heteroatoms. The van der Waals surface area contributed by atoms with Gasteiger partial charge in [0.2, 0.25) is 11.8 Å². The number of benzene rings is 1. The first-order chi connectivity index (χ1) is 12.5. The van der Waals surface area contributed by atoms with E-state index in [4.69, 9.17) is 16.3 Å². The number of amides is 2. The molecule has 0 aromatic heterocycles. The summed E-state index contributed by atoms with van der Waals surface area (Å²) in [6, 6.07) is 5.74. The molecule has 5 nitrogen and oxygen atoms in total. The van der Waals surface area contributed by atoms with Gasteiger partial charge in [0.1, 0.15) is 0 Å². The average Bonchev–Trinajstić information content (AvgIpc) is 2.69. The monoisotopic (exact) mass is 376 g/mol. The van der Waals surface area contributed by atoms with Gasteiger partial charge in [0.15, 0.2) is 0 Å². The van der Waals surface area contributed by atoms with Gasteiger partial charge in [-0.1, -0.05) is 23.7 Å². The molecule has 140 valence electrons. The van der Waals surface area contributed by atoms with Crippen molar-refractivity contribution in [1.29, 1.82) is 0 Å². The fourth-order valence-electron chi connectivity index (χ4n) is 3.37. The number of likely N-dealkylation sites (tertiary alicyclic amines) is 1. The van der Waals surface area contributed by atoms with Crippen molar-refractivity contribution in [2.45, 2.75) is 19.8 Å². The maximum Gasteiger partial charge on any atom is 0.246 e. The maximum atomic E-state index is 12.5. The Bertz CT molecular complexity index is 690. The Morgan fingerprint density at radius 3 is 2.46 bits per heavy atom. The summed E-state index contributed by atoms with van der Waals surface area (Å²) in [6.45, 7) is 5.80. The van der Waals surface area contributed by atoms with Crippen molar-refractivity contribution in [1.82, 2.24) is 9.80 Å². The van der Waals surface area contributed by atoms with Gasteiger partial charge < -0.3 is 14.5 Å². The molecule has 0 N–H and O–H groups in total. The molecule has 1 aromatic carbocycles. The van der Waals surface area contributed by atoms with Gasteiger partial charge in [-0.15, -0.1) is 0 Å². The van der Waals surface area contributed by atoms with Crippen LogP contribution in [-0.2, 0) is 14.3 Å². The third-order valence-corrected chi connectivity index (χ3v) is 5.50. The number of rotatable bonds is 3. The zero-order valence-corrected chi connectivity index (χ0v) is 15.9. The first kappa shape index (κ1) is 18.9. The number of halogens is 1. The summed E-state index contributed by atoms with van der Waals surface area (Å²) in [6.07, 6.45) is 4.84. The molecule has 0 radical (unpaired) electrons. The smallest absolute Gasteiger partial charge is 0.246 e. The van der Waals surface area contributed by atoms with Crippen molar-refractivity contribution in [3.8, 4) is 0 Å².